The summed E-state index contributed by atoms with van der Waals surface area (Å²) in [6.07, 6.45) is 6.54. The third-order valence-electron chi connectivity index (χ3n) is 4.15. The van der Waals surface area contributed by atoms with Crippen molar-refractivity contribution < 1.29 is 4.79 Å². The van der Waals surface area contributed by atoms with Crippen LogP contribution in [0.2, 0.25) is 0 Å². The van der Waals surface area contributed by atoms with Gasteiger partial charge in [-0.25, -0.2) is 0 Å². The lowest BCUT2D eigenvalue weighted by Crippen LogP contribution is -2.23. The minimum absolute atomic E-state index is 0.0205. The predicted molar refractivity (Wildman–Crippen MR) is 109 cm³/mol. The van der Waals surface area contributed by atoms with Crippen LogP contribution in [0.25, 0.3) is 5.65 Å². The Labute approximate surface area is 164 Å². The van der Waals surface area contributed by atoms with Gasteiger partial charge in [-0.1, -0.05) is 25.3 Å². The van der Waals surface area contributed by atoms with E-state index < -0.39 is 0 Å². The maximum atomic E-state index is 11.0. The number of hydrogen-bond acceptors (Lipinski definition) is 6. The van der Waals surface area contributed by atoms with E-state index in [1.165, 1.54) is 6.92 Å². The van der Waals surface area contributed by atoms with Crippen molar-refractivity contribution >= 4 is 23.1 Å². The van der Waals surface area contributed by atoms with Crippen LogP contribution in [-0.2, 0) is 4.79 Å². The summed E-state index contributed by atoms with van der Waals surface area (Å²) in [4.78, 5) is 11.0. The van der Waals surface area contributed by atoms with Crippen LogP contribution in [0.4, 0.5) is 11.5 Å². The molecule has 3 N–H and O–H groups in total. The predicted octanol–water partition coefficient (Wildman–Crippen LogP) is 2.40. The van der Waals surface area contributed by atoms with Gasteiger partial charge in [0.25, 0.3) is 0 Å². The Balaban J connectivity index is 1.77. The van der Waals surface area contributed by atoms with Crippen LogP contribution < -0.4 is 16.0 Å². The molecule has 3 rings (SSSR count). The maximum absolute atomic E-state index is 11.0. The molecule has 1 aliphatic rings. The Bertz CT molecular complexity index is 989. The van der Waals surface area contributed by atoms with Gasteiger partial charge in [0.15, 0.2) is 5.82 Å². The average Bonchev–Trinajstić information content (AvgIpc) is 3.11. The number of amides is 1. The third kappa shape index (κ3) is 4.88. The molecule has 0 aromatic carbocycles. The largest absolute Gasteiger partial charge is 0.378 e. The van der Waals surface area contributed by atoms with Crippen LogP contribution in [0, 0.1) is 0 Å². The van der Waals surface area contributed by atoms with Gasteiger partial charge >= 0.3 is 0 Å². The Morgan fingerprint density at radius 3 is 2.79 bits per heavy atom. The molecular weight excluding hydrogens is 354 g/mol. The van der Waals surface area contributed by atoms with E-state index >= 15 is 0 Å². The number of anilines is 2. The van der Waals surface area contributed by atoms with Crippen LogP contribution in [0.15, 0.2) is 41.3 Å². The highest BCUT2D eigenvalue weighted by Crippen LogP contribution is 2.22. The van der Waals surface area contributed by atoms with Crippen LogP contribution >= 0.6 is 0 Å². The zero-order valence-corrected chi connectivity index (χ0v) is 16.4. The number of aromatic nitrogens is 4. The summed E-state index contributed by atoms with van der Waals surface area (Å²) in [7, 11) is 0. The highest BCUT2D eigenvalue weighted by atomic mass is 16.1. The lowest BCUT2D eigenvalue weighted by molar-refractivity contribution is -0.118. The Morgan fingerprint density at radius 1 is 1.21 bits per heavy atom. The maximum Gasteiger partial charge on any atom is 0.216 e. The van der Waals surface area contributed by atoms with Gasteiger partial charge in [0.05, 0.1) is 5.69 Å². The summed E-state index contributed by atoms with van der Waals surface area (Å²) in [6, 6.07) is 1.94. The first-order valence-electron chi connectivity index (χ1n) is 9.40. The van der Waals surface area contributed by atoms with E-state index in [1.807, 2.05) is 24.3 Å². The van der Waals surface area contributed by atoms with Crippen molar-refractivity contribution in [2.45, 2.75) is 33.1 Å². The molecule has 1 amide bonds. The van der Waals surface area contributed by atoms with Crippen molar-refractivity contribution in [3.8, 4) is 0 Å². The lowest BCUT2D eigenvalue weighted by Gasteiger charge is -2.12. The van der Waals surface area contributed by atoms with Gasteiger partial charge in [-0.05, 0) is 30.2 Å². The van der Waals surface area contributed by atoms with Crippen LogP contribution in [0.1, 0.15) is 38.9 Å². The first-order valence-corrected chi connectivity index (χ1v) is 9.40. The molecule has 2 aromatic heterocycles. The van der Waals surface area contributed by atoms with Gasteiger partial charge in [0.1, 0.15) is 5.82 Å². The Hall–Kier alpha value is -3.34. The van der Waals surface area contributed by atoms with E-state index in [0.29, 0.717) is 25.3 Å². The number of hydrogen-bond donors (Lipinski definition) is 3. The SMILES string of the molecule is CC(=O)NCCCNc1cc(NCC2=CC=C=C=C2)c2nnc(C(C)C)n2n1. The number of carbonyl (C=O) groups is 1. The molecule has 0 saturated carbocycles. The fraction of sp³-hybridized carbons (Fsp3) is 0.400. The second kappa shape index (κ2) is 9.04. The normalized spacial score (nSPS) is 12.5. The Morgan fingerprint density at radius 2 is 2.07 bits per heavy atom. The number of fused-ring (bicyclic) bond motifs is 1. The standard InChI is InChI=1S/C20H25N7O/c1-14(2)19-24-25-20-17(23-13-16-8-5-4-6-9-16)12-18(26-27(19)20)22-11-7-10-21-15(3)28/h5,8-9,12,14,23H,7,10-11,13H2,1-3H3,(H,21,28)(H,22,26). The van der Waals surface area contributed by atoms with Crippen molar-refractivity contribution in [3.05, 3.63) is 47.2 Å². The molecule has 2 aromatic rings. The molecule has 0 aliphatic heterocycles. The summed E-state index contributed by atoms with van der Waals surface area (Å²) in [5.41, 5.74) is 8.51. The molecule has 0 radical (unpaired) electrons. The quantitative estimate of drug-likeness (QED) is 0.457. The van der Waals surface area contributed by atoms with E-state index in [9.17, 15) is 4.79 Å². The van der Waals surface area contributed by atoms with E-state index in [4.69, 9.17) is 0 Å². The van der Waals surface area contributed by atoms with Crippen molar-refractivity contribution in [1.82, 2.24) is 25.1 Å². The summed E-state index contributed by atoms with van der Waals surface area (Å²) < 4.78 is 1.79. The summed E-state index contributed by atoms with van der Waals surface area (Å²) >= 11 is 0. The van der Waals surface area contributed by atoms with Crippen molar-refractivity contribution in [1.29, 1.82) is 0 Å². The molecule has 8 heteroatoms. The van der Waals surface area contributed by atoms with Gasteiger partial charge in [-0.15, -0.1) is 15.3 Å². The molecule has 0 saturated heterocycles. The molecule has 0 spiro atoms. The van der Waals surface area contributed by atoms with Gasteiger partial charge in [0.2, 0.25) is 11.6 Å². The van der Waals surface area contributed by atoms with Gasteiger partial charge < -0.3 is 16.0 Å². The van der Waals surface area contributed by atoms with Gasteiger partial charge in [-0.2, -0.15) is 4.52 Å². The zero-order chi connectivity index (χ0) is 19.9. The van der Waals surface area contributed by atoms with Crippen molar-refractivity contribution in [2.24, 2.45) is 0 Å². The van der Waals surface area contributed by atoms with Crippen LogP contribution in [0.3, 0.4) is 0 Å². The molecule has 0 fully saturated rings. The van der Waals surface area contributed by atoms with E-state index in [-0.39, 0.29) is 11.8 Å². The molecule has 28 heavy (non-hydrogen) atoms. The van der Waals surface area contributed by atoms with Crippen molar-refractivity contribution in [2.75, 3.05) is 30.3 Å². The van der Waals surface area contributed by atoms with Crippen LogP contribution in [0.5, 0.6) is 0 Å². The monoisotopic (exact) mass is 379 g/mol. The molecule has 2 heterocycles. The first-order chi connectivity index (χ1) is 13.5. The number of allylic oxidation sites excluding steroid dienone is 2. The molecule has 8 nitrogen and oxygen atoms in total. The summed E-state index contributed by atoms with van der Waals surface area (Å²) in [5.74, 6) is 1.72. The molecule has 0 bridgehead atoms. The Kier molecular flexibility index (Phi) is 6.27. The topological polar surface area (TPSA) is 96.2 Å². The van der Waals surface area contributed by atoms with E-state index in [1.54, 1.807) is 4.52 Å². The minimum atomic E-state index is -0.0205. The second-order valence-corrected chi connectivity index (χ2v) is 6.85. The number of rotatable bonds is 9. The number of nitrogens with one attached hydrogen (secondary N) is 3. The van der Waals surface area contributed by atoms with Crippen molar-refractivity contribution in [3.63, 3.8) is 0 Å². The fourth-order valence-corrected chi connectivity index (χ4v) is 2.73. The second-order valence-electron chi connectivity index (χ2n) is 6.85. The number of carbonyl (C=O) groups excluding carboxylic acids is 1. The van der Waals surface area contributed by atoms with Gasteiger partial charge in [0, 0.05) is 38.5 Å². The zero-order valence-electron chi connectivity index (χ0n) is 16.4. The molecule has 1 aliphatic carbocycles. The first kappa shape index (κ1) is 19.4. The summed E-state index contributed by atoms with van der Waals surface area (Å²) in [5, 5.41) is 22.8. The smallest absolute Gasteiger partial charge is 0.216 e. The minimum Gasteiger partial charge on any atom is -0.378 e. The highest BCUT2D eigenvalue weighted by Gasteiger charge is 2.15. The third-order valence-corrected chi connectivity index (χ3v) is 4.15. The molecule has 146 valence electrons. The highest BCUT2D eigenvalue weighted by molar-refractivity contribution is 5.72. The van der Waals surface area contributed by atoms with Gasteiger partial charge in [-0.3, -0.25) is 4.79 Å². The van der Waals surface area contributed by atoms with E-state index in [2.05, 4.69) is 56.6 Å². The van der Waals surface area contributed by atoms with E-state index in [0.717, 1.165) is 29.3 Å². The fourth-order valence-electron chi connectivity index (χ4n) is 2.73. The molecular formula is C20H25N7O. The lowest BCUT2D eigenvalue weighted by atomic mass is 10.2. The molecule has 0 atom stereocenters. The van der Waals surface area contributed by atoms with Crippen LogP contribution in [-0.4, -0.2) is 45.4 Å². The average molecular weight is 379 g/mol. The molecule has 0 unspecified atom stereocenters. The number of nitrogens with zero attached hydrogens (tertiary/aromatic N) is 4. The summed E-state index contributed by atoms with van der Waals surface area (Å²) in [6.45, 7) is 7.60.